The minimum atomic E-state index is -0.433. The maximum absolute atomic E-state index is 11.3. The van der Waals surface area contributed by atoms with E-state index in [0.717, 1.165) is 0 Å². The molecule has 0 saturated carbocycles. The number of hydrogen-bond donors (Lipinski definition) is 1. The van der Waals surface area contributed by atoms with Gasteiger partial charge in [-0.2, -0.15) is 5.69 Å². The summed E-state index contributed by atoms with van der Waals surface area (Å²) in [5.74, 6) is 0. The number of anilines is 1. The summed E-state index contributed by atoms with van der Waals surface area (Å²) in [5, 5.41) is 8.83. The first-order valence-corrected chi connectivity index (χ1v) is 4.27. The number of ether oxygens (including phenoxy) is 1. The largest absolute Gasteiger partial charge is 0.443 e. The Kier molecular flexibility index (Phi) is 7.46. The second kappa shape index (κ2) is 7.42. The van der Waals surface area contributed by atoms with Crippen LogP contribution in [0, 0.1) is 43.2 Å². The topological polar surface area (TPSA) is 49.8 Å². The second-order valence-electron chi connectivity index (χ2n) is 2.99. The number of cyclic esters (lactones) is 1. The molecule has 1 heterocycles. The van der Waals surface area contributed by atoms with Crippen molar-refractivity contribution in [3.8, 4) is 0 Å². The number of carbonyl (C=O) groups excluding carboxylic acids is 1. The monoisotopic (exact) mass is 480 g/mol. The van der Waals surface area contributed by atoms with Gasteiger partial charge in [-0.1, -0.05) is 0 Å². The van der Waals surface area contributed by atoms with Crippen molar-refractivity contribution in [2.24, 2.45) is 0 Å². The maximum atomic E-state index is 11.3. The van der Waals surface area contributed by atoms with E-state index in [1.165, 1.54) is 4.90 Å². The fraction of sp³-hybridized carbons (Fsp3) is 0.300. The number of aliphatic hydroxyl groups is 1. The minimum Gasteiger partial charge on any atom is -0.443 e. The van der Waals surface area contributed by atoms with Crippen LogP contribution in [0.1, 0.15) is 0 Å². The van der Waals surface area contributed by atoms with Gasteiger partial charge in [0, 0.05) is 56.2 Å². The number of amides is 1. The molecule has 1 fully saturated rings. The summed E-state index contributed by atoms with van der Waals surface area (Å²) in [6, 6.07) is 10.6. The molecule has 0 bridgehead atoms. The van der Waals surface area contributed by atoms with E-state index in [1.54, 1.807) is 18.2 Å². The number of carbonyl (C=O) groups is 1. The van der Waals surface area contributed by atoms with Crippen LogP contribution in [-0.4, -0.2) is 30.5 Å². The quantitative estimate of drug-likeness (QED) is 0.632. The van der Waals surface area contributed by atoms with Gasteiger partial charge in [0.1, 0.15) is 6.10 Å². The fourth-order valence-electron chi connectivity index (χ4n) is 1.33. The molecule has 0 unspecified atom stereocenters. The van der Waals surface area contributed by atoms with E-state index >= 15 is 0 Å². The van der Waals surface area contributed by atoms with Gasteiger partial charge in [0.05, 0.1) is 6.61 Å². The molecule has 0 aliphatic carbocycles. The zero-order chi connectivity index (χ0) is 9.97. The van der Waals surface area contributed by atoms with Gasteiger partial charge >= 0.3 is 6.09 Å². The van der Waals surface area contributed by atoms with Crippen LogP contribution in [0.4, 0.5) is 10.5 Å². The normalized spacial score (nSPS) is 18.4. The van der Waals surface area contributed by atoms with Crippen LogP contribution in [0.2, 0.25) is 0 Å². The Balaban J connectivity index is 0.00000112. The van der Waals surface area contributed by atoms with Crippen LogP contribution >= 0.6 is 0 Å². The molecule has 1 amide bonds. The molecule has 1 radical (unpaired) electrons. The van der Waals surface area contributed by atoms with Gasteiger partial charge < -0.3 is 32.9 Å². The SMILES string of the molecule is O=C1O[C@@H](CO)CN1c1c[c-]c[c-]c1.[U].[V]. The first-order chi connectivity index (χ1) is 6.81. The van der Waals surface area contributed by atoms with Crippen LogP contribution in [0.15, 0.2) is 18.2 Å². The smallest absolute Gasteiger partial charge is 0.393 e. The molecule has 1 N–H and O–H groups in total. The third kappa shape index (κ3) is 3.54. The van der Waals surface area contributed by atoms with Crippen molar-refractivity contribution in [1.82, 2.24) is 0 Å². The van der Waals surface area contributed by atoms with E-state index in [0.29, 0.717) is 12.2 Å². The summed E-state index contributed by atoms with van der Waals surface area (Å²) in [7, 11) is 0. The molecule has 6 heteroatoms. The van der Waals surface area contributed by atoms with Crippen LogP contribution in [0.5, 0.6) is 0 Å². The number of aliphatic hydroxyl groups excluding tert-OH is 1. The predicted octanol–water partition coefficient (Wildman–Crippen LogP) is 0.602. The molecular weight excluding hydrogens is 471 g/mol. The summed E-state index contributed by atoms with van der Waals surface area (Å²) in [4.78, 5) is 12.8. The predicted molar refractivity (Wildman–Crippen MR) is 48.8 cm³/mol. The van der Waals surface area contributed by atoms with Gasteiger partial charge in [0.15, 0.2) is 0 Å². The standard InChI is InChI=1S/C10H9NO3.U.V/c12-7-9-6-11(10(13)14-9)8-4-2-1-3-5-8;;/h1,4-5,9,12H,6-7H2;;/q-2;;/t9-;;/m1../s1. The Labute approximate surface area is 130 Å². The fourth-order valence-corrected chi connectivity index (χ4v) is 1.33. The van der Waals surface area contributed by atoms with E-state index in [-0.39, 0.29) is 56.3 Å². The zero-order valence-electron chi connectivity index (χ0n) is 8.38. The van der Waals surface area contributed by atoms with Gasteiger partial charge in [0.2, 0.25) is 0 Å². The number of rotatable bonds is 2. The van der Waals surface area contributed by atoms with E-state index in [4.69, 9.17) is 9.84 Å². The van der Waals surface area contributed by atoms with Gasteiger partial charge in [-0.3, -0.25) is 12.1 Å². The van der Waals surface area contributed by atoms with Crippen molar-refractivity contribution >= 4 is 11.8 Å². The van der Waals surface area contributed by atoms with Crippen molar-refractivity contribution in [2.45, 2.75) is 6.10 Å². The van der Waals surface area contributed by atoms with Crippen molar-refractivity contribution in [2.75, 3.05) is 18.1 Å². The average Bonchev–Trinajstić information content (AvgIpc) is 2.61. The second-order valence-corrected chi connectivity index (χ2v) is 2.99. The Hall–Kier alpha value is 0.0864. The zero-order valence-corrected chi connectivity index (χ0v) is 13.9. The molecule has 4 nitrogen and oxygen atoms in total. The number of nitrogens with zero attached hydrogens (tertiary/aromatic N) is 1. The van der Waals surface area contributed by atoms with Crippen LogP contribution < -0.4 is 4.90 Å². The van der Waals surface area contributed by atoms with E-state index in [1.807, 2.05) is 0 Å². The van der Waals surface area contributed by atoms with E-state index in [2.05, 4.69) is 12.1 Å². The molecule has 83 valence electrons. The first kappa shape index (κ1) is 16.1. The summed E-state index contributed by atoms with van der Waals surface area (Å²) in [6.45, 7) is 0.226. The molecule has 1 aromatic carbocycles. The van der Waals surface area contributed by atoms with E-state index in [9.17, 15) is 4.79 Å². The minimum absolute atomic E-state index is 0. The van der Waals surface area contributed by atoms with Crippen LogP contribution in [0.3, 0.4) is 0 Å². The van der Waals surface area contributed by atoms with E-state index < -0.39 is 12.2 Å². The van der Waals surface area contributed by atoms with Gasteiger partial charge in [0.25, 0.3) is 0 Å². The summed E-state index contributed by atoms with van der Waals surface area (Å²) >= 11 is 0. The van der Waals surface area contributed by atoms with Gasteiger partial charge in [-0.25, -0.2) is 4.79 Å². The Morgan fingerprint density at radius 2 is 2.12 bits per heavy atom. The number of benzene rings is 1. The first-order valence-electron chi connectivity index (χ1n) is 4.27. The van der Waals surface area contributed by atoms with Crippen molar-refractivity contribution in [3.05, 3.63) is 30.3 Å². The summed E-state index contributed by atoms with van der Waals surface area (Å²) in [5.41, 5.74) is 0.688. The maximum Gasteiger partial charge on any atom is 0.393 e. The molecule has 0 spiro atoms. The molecular formula is C10H9NO3UV-2. The Bertz CT molecular complexity index is 336. The Morgan fingerprint density at radius 1 is 1.50 bits per heavy atom. The van der Waals surface area contributed by atoms with Gasteiger partial charge in [-0.05, 0) is 0 Å². The van der Waals surface area contributed by atoms with Crippen LogP contribution in [-0.2, 0) is 23.3 Å². The van der Waals surface area contributed by atoms with Crippen LogP contribution in [0.25, 0.3) is 0 Å². The van der Waals surface area contributed by atoms with Crippen molar-refractivity contribution in [1.29, 1.82) is 0 Å². The molecule has 0 aromatic heterocycles. The molecule has 1 aliphatic rings. The van der Waals surface area contributed by atoms with Crippen molar-refractivity contribution in [3.63, 3.8) is 0 Å². The van der Waals surface area contributed by atoms with Gasteiger partial charge in [-0.15, -0.1) is 0 Å². The summed E-state index contributed by atoms with van der Waals surface area (Å²) < 4.78 is 4.89. The van der Waals surface area contributed by atoms with Crippen molar-refractivity contribution < 1.29 is 64.3 Å². The molecule has 1 saturated heterocycles. The molecule has 2 rings (SSSR count). The third-order valence-electron chi connectivity index (χ3n) is 2.02. The Morgan fingerprint density at radius 3 is 2.62 bits per heavy atom. The molecule has 1 aromatic rings. The number of hydrogen-bond acceptors (Lipinski definition) is 3. The molecule has 1 aliphatic heterocycles. The molecule has 1 atom stereocenters. The summed E-state index contributed by atoms with van der Waals surface area (Å²) in [6.07, 6.45) is -0.861. The molecule has 16 heavy (non-hydrogen) atoms. The average molecular weight is 480 g/mol. The third-order valence-corrected chi connectivity index (χ3v) is 2.02.